The fraction of sp³-hybridized carbons (Fsp3) is 0.0909. The number of carbonyl (C=O) groups is 1. The molecule has 36 heavy (non-hydrogen) atoms. The van der Waals surface area contributed by atoms with E-state index in [0.717, 1.165) is 11.0 Å². The van der Waals surface area contributed by atoms with Crippen LogP contribution in [-0.4, -0.2) is 47.8 Å². The van der Waals surface area contributed by atoms with Crippen molar-refractivity contribution in [1.29, 1.82) is 0 Å². The molecule has 0 radical (unpaired) electrons. The second-order valence-corrected chi connectivity index (χ2v) is 7.72. The van der Waals surface area contributed by atoms with Gasteiger partial charge >= 0.3 is 6.18 Å². The molecule has 0 saturated carbocycles. The Labute approximate surface area is 205 Å². The first-order chi connectivity index (χ1) is 17.3. The zero-order chi connectivity index (χ0) is 25.4. The Balaban J connectivity index is 1.53. The molecule has 0 aliphatic heterocycles. The lowest BCUT2D eigenvalue weighted by molar-refractivity contribution is -0.143. The Morgan fingerprint density at radius 2 is 1.86 bits per heavy atom. The first-order valence-electron chi connectivity index (χ1n) is 10.2. The van der Waals surface area contributed by atoms with Crippen LogP contribution in [0.4, 0.5) is 18.9 Å². The summed E-state index contributed by atoms with van der Waals surface area (Å²) in [4.78, 5) is 22.4. The highest BCUT2D eigenvalue weighted by Crippen LogP contribution is 2.36. The maximum absolute atomic E-state index is 14.2. The number of carbonyl (C=O) groups excluding carboxylic acids is 1. The molecule has 1 N–H and O–H groups in total. The van der Waals surface area contributed by atoms with Gasteiger partial charge in [-0.1, -0.05) is 17.7 Å². The molecule has 0 bridgehead atoms. The van der Waals surface area contributed by atoms with Gasteiger partial charge in [-0.25, -0.2) is 14.6 Å². The monoisotopic (exact) mass is 514 g/mol. The van der Waals surface area contributed by atoms with Crippen LogP contribution < -0.4 is 10.1 Å². The maximum atomic E-state index is 14.2. The van der Waals surface area contributed by atoms with Gasteiger partial charge in [0.05, 0.1) is 59.4 Å². The summed E-state index contributed by atoms with van der Waals surface area (Å²) in [5.74, 6) is -0.557. The smallest absolute Gasteiger partial charge is 0.434 e. The lowest BCUT2D eigenvalue weighted by atomic mass is 10.1. The van der Waals surface area contributed by atoms with Crippen LogP contribution in [0.5, 0.6) is 5.88 Å². The van der Waals surface area contributed by atoms with Crippen molar-refractivity contribution in [2.75, 3.05) is 12.4 Å². The standard InChI is InChI=1S/C22H14ClF3N8O2/c1-36-18-6-5-13-16(32-18)3-2-4-17(13)33-19(22(24,25)26)14(11-30-33)21(35)31-12-9-15(23)20(27-10-12)34-28-7-8-29-34/h2-11H,1H3,(H,31,35). The number of alkyl halides is 3. The highest BCUT2D eigenvalue weighted by molar-refractivity contribution is 6.32. The van der Waals surface area contributed by atoms with E-state index in [4.69, 9.17) is 16.3 Å². The van der Waals surface area contributed by atoms with E-state index in [1.807, 2.05) is 0 Å². The molecule has 5 rings (SSSR count). The molecule has 1 aromatic carbocycles. The molecular formula is C22H14ClF3N8O2. The number of halogens is 4. The molecule has 4 aromatic heterocycles. The second-order valence-electron chi connectivity index (χ2n) is 7.32. The van der Waals surface area contributed by atoms with Crippen LogP contribution >= 0.6 is 11.6 Å². The number of aromatic nitrogens is 7. The van der Waals surface area contributed by atoms with Crippen LogP contribution in [0.1, 0.15) is 16.1 Å². The number of nitrogens with one attached hydrogen (secondary N) is 1. The molecule has 1 amide bonds. The molecule has 0 unspecified atom stereocenters. The van der Waals surface area contributed by atoms with Crippen molar-refractivity contribution in [3.63, 3.8) is 0 Å². The first kappa shape index (κ1) is 23.2. The third kappa shape index (κ3) is 4.20. The fourth-order valence-corrected chi connectivity index (χ4v) is 3.80. The van der Waals surface area contributed by atoms with Crippen LogP contribution in [0.2, 0.25) is 5.02 Å². The molecule has 4 heterocycles. The van der Waals surface area contributed by atoms with Crippen LogP contribution in [-0.2, 0) is 6.18 Å². The van der Waals surface area contributed by atoms with Gasteiger partial charge in [0.1, 0.15) is 0 Å². The summed E-state index contributed by atoms with van der Waals surface area (Å²) in [6.07, 6.45) is 0.0186. The average molecular weight is 515 g/mol. The van der Waals surface area contributed by atoms with Crippen LogP contribution in [0.25, 0.3) is 22.4 Å². The average Bonchev–Trinajstić information content (AvgIpc) is 3.54. The zero-order valence-electron chi connectivity index (χ0n) is 18.2. The number of ether oxygens (including phenoxy) is 1. The summed E-state index contributed by atoms with van der Waals surface area (Å²) >= 11 is 6.19. The molecule has 14 heteroatoms. The molecule has 0 saturated heterocycles. The minimum absolute atomic E-state index is 0.0724. The van der Waals surface area contributed by atoms with Gasteiger partial charge in [-0.15, -0.1) is 4.80 Å². The number of pyridine rings is 2. The van der Waals surface area contributed by atoms with E-state index in [1.165, 1.54) is 50.0 Å². The van der Waals surface area contributed by atoms with E-state index in [9.17, 15) is 18.0 Å². The number of hydrogen-bond acceptors (Lipinski definition) is 7. The number of anilines is 1. The number of benzene rings is 1. The van der Waals surface area contributed by atoms with Crippen LogP contribution in [0, 0.1) is 0 Å². The van der Waals surface area contributed by atoms with Crippen molar-refractivity contribution in [1.82, 2.24) is 34.7 Å². The summed E-state index contributed by atoms with van der Waals surface area (Å²) < 4.78 is 48.3. The van der Waals surface area contributed by atoms with E-state index in [0.29, 0.717) is 21.5 Å². The Morgan fingerprint density at radius 3 is 2.56 bits per heavy atom. The molecular weight excluding hydrogens is 501 g/mol. The fourth-order valence-electron chi connectivity index (χ4n) is 3.56. The Bertz CT molecular complexity index is 1580. The first-order valence-corrected chi connectivity index (χ1v) is 10.6. The molecule has 0 spiro atoms. The van der Waals surface area contributed by atoms with Crippen molar-refractivity contribution in [3.8, 4) is 17.4 Å². The lowest BCUT2D eigenvalue weighted by Gasteiger charge is -2.14. The van der Waals surface area contributed by atoms with E-state index >= 15 is 0 Å². The van der Waals surface area contributed by atoms with E-state index in [2.05, 4.69) is 30.6 Å². The molecule has 0 atom stereocenters. The zero-order valence-corrected chi connectivity index (χ0v) is 19.0. The molecule has 182 valence electrons. The van der Waals surface area contributed by atoms with Gasteiger partial charge in [-0.3, -0.25) is 4.79 Å². The van der Waals surface area contributed by atoms with Gasteiger partial charge in [0.25, 0.3) is 5.91 Å². The number of hydrogen-bond donors (Lipinski definition) is 1. The number of nitrogens with zero attached hydrogens (tertiary/aromatic N) is 7. The predicted molar refractivity (Wildman–Crippen MR) is 123 cm³/mol. The van der Waals surface area contributed by atoms with Crippen LogP contribution in [0.3, 0.4) is 0 Å². The second kappa shape index (κ2) is 8.92. The van der Waals surface area contributed by atoms with Crippen molar-refractivity contribution < 1.29 is 22.7 Å². The third-order valence-electron chi connectivity index (χ3n) is 5.09. The van der Waals surface area contributed by atoms with E-state index in [1.54, 1.807) is 12.1 Å². The topological polar surface area (TPSA) is 113 Å². The molecule has 0 aliphatic carbocycles. The van der Waals surface area contributed by atoms with Gasteiger partial charge in [0, 0.05) is 11.5 Å². The molecule has 5 aromatic rings. The largest absolute Gasteiger partial charge is 0.481 e. The van der Waals surface area contributed by atoms with E-state index < -0.39 is 23.3 Å². The Morgan fingerprint density at radius 1 is 1.08 bits per heavy atom. The normalized spacial score (nSPS) is 11.6. The van der Waals surface area contributed by atoms with Gasteiger partial charge in [0.15, 0.2) is 11.5 Å². The number of amides is 1. The van der Waals surface area contributed by atoms with Gasteiger partial charge in [0.2, 0.25) is 5.88 Å². The highest BCUT2D eigenvalue weighted by Gasteiger charge is 2.41. The quantitative estimate of drug-likeness (QED) is 0.371. The van der Waals surface area contributed by atoms with Crippen LogP contribution in [0.15, 0.2) is 61.2 Å². The van der Waals surface area contributed by atoms with Gasteiger partial charge in [-0.2, -0.15) is 28.5 Å². The maximum Gasteiger partial charge on any atom is 0.434 e. The van der Waals surface area contributed by atoms with Gasteiger partial charge in [-0.05, 0) is 24.3 Å². The number of rotatable bonds is 5. The van der Waals surface area contributed by atoms with Gasteiger partial charge < -0.3 is 10.1 Å². The Hall–Kier alpha value is -4.52. The third-order valence-corrected chi connectivity index (χ3v) is 5.37. The number of fused-ring (bicyclic) bond motifs is 1. The van der Waals surface area contributed by atoms with Crippen molar-refractivity contribution in [2.45, 2.75) is 6.18 Å². The summed E-state index contributed by atoms with van der Waals surface area (Å²) in [6.45, 7) is 0. The minimum Gasteiger partial charge on any atom is -0.481 e. The predicted octanol–water partition coefficient (Wildman–Crippen LogP) is 4.33. The summed E-state index contributed by atoms with van der Waals surface area (Å²) in [5, 5.41) is 14.6. The molecule has 0 aliphatic rings. The molecule has 10 nitrogen and oxygen atoms in total. The Kier molecular flexibility index (Phi) is 5.76. The minimum atomic E-state index is -4.91. The number of methoxy groups -OCH3 is 1. The van der Waals surface area contributed by atoms with Crippen molar-refractivity contribution >= 4 is 34.1 Å². The lowest BCUT2D eigenvalue weighted by Crippen LogP contribution is -2.21. The van der Waals surface area contributed by atoms with E-state index in [-0.39, 0.29) is 22.2 Å². The summed E-state index contributed by atoms with van der Waals surface area (Å²) in [5.41, 5.74) is -1.37. The van der Waals surface area contributed by atoms with Crippen molar-refractivity contribution in [2.24, 2.45) is 0 Å². The summed E-state index contributed by atoms with van der Waals surface area (Å²) in [7, 11) is 1.43. The van der Waals surface area contributed by atoms with Crippen molar-refractivity contribution in [3.05, 3.63) is 77.5 Å². The SMILES string of the molecule is COc1ccc2c(-n3ncc(C(=O)Nc4cnc(-n5nccn5)c(Cl)c4)c3C(F)(F)F)cccc2n1. The summed E-state index contributed by atoms with van der Waals surface area (Å²) in [6, 6.07) is 9.04. The highest BCUT2D eigenvalue weighted by atomic mass is 35.5. The molecule has 0 fully saturated rings.